The Labute approximate surface area is 167 Å². The van der Waals surface area contributed by atoms with Crippen LogP contribution in [0.1, 0.15) is 24.2 Å². The molecule has 10 heteroatoms. The number of carbonyl (C=O) groups excluding carboxylic acids is 2. The zero-order chi connectivity index (χ0) is 21.6. The Hall–Kier alpha value is -2.85. The van der Waals surface area contributed by atoms with Crippen molar-refractivity contribution in [3.63, 3.8) is 0 Å². The number of rotatable bonds is 8. The molecule has 29 heavy (non-hydrogen) atoms. The second-order valence-corrected chi connectivity index (χ2v) is 7.77. The number of anilines is 1. The van der Waals surface area contributed by atoms with E-state index < -0.39 is 45.8 Å². The fourth-order valence-electron chi connectivity index (χ4n) is 2.48. The lowest BCUT2D eigenvalue weighted by Crippen LogP contribution is -2.30. The van der Waals surface area contributed by atoms with Crippen LogP contribution in [0.25, 0.3) is 0 Å². The summed E-state index contributed by atoms with van der Waals surface area (Å²) in [4.78, 5) is 23.8. The highest BCUT2D eigenvalue weighted by atomic mass is 32.2. The number of ether oxygens (including phenoxy) is 1. The van der Waals surface area contributed by atoms with Crippen molar-refractivity contribution in [2.75, 3.05) is 25.0 Å². The monoisotopic (exact) mass is 426 g/mol. The molecule has 0 atom stereocenters. The average molecular weight is 426 g/mol. The summed E-state index contributed by atoms with van der Waals surface area (Å²) in [6.45, 7) is 3.27. The lowest BCUT2D eigenvalue weighted by atomic mass is 10.2. The van der Waals surface area contributed by atoms with Gasteiger partial charge in [-0.15, -0.1) is 0 Å². The van der Waals surface area contributed by atoms with Crippen molar-refractivity contribution in [1.29, 1.82) is 0 Å². The summed E-state index contributed by atoms with van der Waals surface area (Å²) in [5, 5.41) is 1.99. The third-order valence-corrected chi connectivity index (χ3v) is 6.06. The van der Waals surface area contributed by atoms with Gasteiger partial charge in [-0.1, -0.05) is 19.9 Å². The van der Waals surface area contributed by atoms with Gasteiger partial charge in [0.15, 0.2) is 6.61 Å². The summed E-state index contributed by atoms with van der Waals surface area (Å²) >= 11 is 0. The van der Waals surface area contributed by atoms with E-state index in [2.05, 4.69) is 0 Å². The van der Waals surface area contributed by atoms with Crippen LogP contribution in [0.3, 0.4) is 0 Å². The zero-order valence-corrected chi connectivity index (χ0v) is 16.6. The minimum Gasteiger partial charge on any atom is -0.452 e. The van der Waals surface area contributed by atoms with Crippen molar-refractivity contribution >= 4 is 27.6 Å². The maximum Gasteiger partial charge on any atom is 0.338 e. The van der Waals surface area contributed by atoms with Crippen LogP contribution in [0.5, 0.6) is 0 Å². The Kier molecular flexibility index (Phi) is 7.40. The first kappa shape index (κ1) is 22.4. The van der Waals surface area contributed by atoms with E-state index in [0.29, 0.717) is 13.1 Å². The summed E-state index contributed by atoms with van der Waals surface area (Å²) in [5.74, 6) is -3.74. The van der Waals surface area contributed by atoms with Gasteiger partial charge in [0.1, 0.15) is 17.3 Å². The molecule has 1 N–H and O–H groups in total. The van der Waals surface area contributed by atoms with Crippen LogP contribution in [0.15, 0.2) is 47.4 Å². The first-order chi connectivity index (χ1) is 13.7. The quantitative estimate of drug-likeness (QED) is 0.656. The fraction of sp³-hybridized carbons (Fsp3) is 0.263. The van der Waals surface area contributed by atoms with Gasteiger partial charge in [0, 0.05) is 13.1 Å². The lowest BCUT2D eigenvalue weighted by Gasteiger charge is -2.18. The second kappa shape index (κ2) is 9.57. The van der Waals surface area contributed by atoms with Crippen molar-refractivity contribution in [3.05, 3.63) is 59.7 Å². The molecule has 2 rings (SSSR count). The van der Waals surface area contributed by atoms with Crippen molar-refractivity contribution < 1.29 is 31.5 Å². The number of nitrogens with one attached hydrogen (secondary N) is 1. The maximum absolute atomic E-state index is 13.5. The summed E-state index contributed by atoms with van der Waals surface area (Å²) in [5.41, 5.74) is -0.618. The first-order valence-electron chi connectivity index (χ1n) is 8.71. The minimum atomic E-state index is -3.67. The number of hydrogen-bond acceptors (Lipinski definition) is 5. The van der Waals surface area contributed by atoms with Crippen molar-refractivity contribution in [1.82, 2.24) is 4.31 Å². The summed E-state index contributed by atoms with van der Waals surface area (Å²) in [6, 6.07) is 8.12. The molecular weight excluding hydrogens is 406 g/mol. The van der Waals surface area contributed by atoms with Crippen LogP contribution in [-0.4, -0.2) is 44.3 Å². The number of esters is 1. The molecule has 156 valence electrons. The summed E-state index contributed by atoms with van der Waals surface area (Å²) < 4.78 is 57.9. The molecule has 0 aliphatic heterocycles. The fourth-order valence-corrected chi connectivity index (χ4v) is 3.94. The molecule has 0 aromatic heterocycles. The van der Waals surface area contributed by atoms with Crippen LogP contribution < -0.4 is 5.32 Å². The van der Waals surface area contributed by atoms with E-state index in [1.807, 2.05) is 5.32 Å². The minimum absolute atomic E-state index is 0.0190. The molecule has 0 unspecified atom stereocenters. The second-order valence-electron chi connectivity index (χ2n) is 5.83. The van der Waals surface area contributed by atoms with Gasteiger partial charge in [0.05, 0.1) is 10.5 Å². The maximum atomic E-state index is 13.5. The Morgan fingerprint density at radius 3 is 2.07 bits per heavy atom. The molecule has 0 spiro atoms. The smallest absolute Gasteiger partial charge is 0.338 e. The van der Waals surface area contributed by atoms with Crippen LogP contribution in [0, 0.1) is 11.6 Å². The van der Waals surface area contributed by atoms with Crippen molar-refractivity contribution in [2.45, 2.75) is 18.7 Å². The average Bonchev–Trinajstić information content (AvgIpc) is 2.70. The topological polar surface area (TPSA) is 92.8 Å². The Bertz CT molecular complexity index is 970. The predicted octanol–water partition coefficient (Wildman–Crippen LogP) is 2.79. The van der Waals surface area contributed by atoms with Gasteiger partial charge in [-0.05, 0) is 36.4 Å². The van der Waals surface area contributed by atoms with Crippen LogP contribution in [0.2, 0.25) is 0 Å². The molecule has 0 aliphatic rings. The highest BCUT2D eigenvalue weighted by Crippen LogP contribution is 2.18. The standard InChI is InChI=1S/C19H20F2N2O5S/c1-3-23(4-2)29(26,27)14-10-8-13(9-11-14)19(25)28-12-17(24)22-18-15(20)6-5-7-16(18)21/h5-11H,3-4,12H2,1-2H3,(H,22,24). The molecule has 0 fully saturated rings. The van der Waals surface area contributed by atoms with Crippen LogP contribution in [0.4, 0.5) is 14.5 Å². The van der Waals surface area contributed by atoms with Gasteiger partial charge in [-0.25, -0.2) is 22.0 Å². The molecule has 0 saturated heterocycles. The zero-order valence-electron chi connectivity index (χ0n) is 15.8. The van der Waals surface area contributed by atoms with Crippen molar-refractivity contribution in [3.8, 4) is 0 Å². The van der Waals surface area contributed by atoms with E-state index in [9.17, 15) is 26.8 Å². The van der Waals surface area contributed by atoms with E-state index in [4.69, 9.17) is 4.74 Å². The van der Waals surface area contributed by atoms with E-state index >= 15 is 0 Å². The number of nitrogens with zero attached hydrogens (tertiary/aromatic N) is 1. The van der Waals surface area contributed by atoms with Gasteiger partial charge >= 0.3 is 5.97 Å². The molecule has 0 heterocycles. The molecular formula is C19H20F2N2O5S. The third kappa shape index (κ3) is 5.36. The molecule has 2 aromatic carbocycles. The van der Waals surface area contributed by atoms with Gasteiger partial charge < -0.3 is 10.1 Å². The summed E-state index contributed by atoms with van der Waals surface area (Å²) in [6.07, 6.45) is 0. The van der Waals surface area contributed by atoms with E-state index in [1.54, 1.807) is 13.8 Å². The summed E-state index contributed by atoms with van der Waals surface area (Å²) in [7, 11) is -3.67. The SMILES string of the molecule is CCN(CC)S(=O)(=O)c1ccc(C(=O)OCC(=O)Nc2c(F)cccc2F)cc1. The number of amides is 1. The van der Waals surface area contributed by atoms with Crippen molar-refractivity contribution in [2.24, 2.45) is 0 Å². The molecule has 0 radical (unpaired) electrons. The number of halogens is 2. The highest BCUT2D eigenvalue weighted by Gasteiger charge is 2.22. The normalized spacial score (nSPS) is 11.3. The van der Waals surface area contributed by atoms with Gasteiger partial charge in [-0.2, -0.15) is 4.31 Å². The molecule has 1 amide bonds. The largest absolute Gasteiger partial charge is 0.452 e. The number of hydrogen-bond donors (Lipinski definition) is 1. The number of benzene rings is 2. The van der Waals surface area contributed by atoms with E-state index in [-0.39, 0.29) is 10.5 Å². The van der Waals surface area contributed by atoms with Crippen LogP contribution >= 0.6 is 0 Å². The van der Waals surface area contributed by atoms with Gasteiger partial charge in [-0.3, -0.25) is 4.79 Å². The Morgan fingerprint density at radius 1 is 1.00 bits per heavy atom. The van der Waals surface area contributed by atoms with Gasteiger partial charge in [0.2, 0.25) is 10.0 Å². The predicted molar refractivity (Wildman–Crippen MR) is 102 cm³/mol. The third-order valence-electron chi connectivity index (χ3n) is 3.99. The lowest BCUT2D eigenvalue weighted by molar-refractivity contribution is -0.119. The number of carbonyl (C=O) groups is 2. The Morgan fingerprint density at radius 2 is 1.55 bits per heavy atom. The molecule has 7 nitrogen and oxygen atoms in total. The number of para-hydroxylation sites is 1. The first-order valence-corrected chi connectivity index (χ1v) is 10.2. The van der Waals surface area contributed by atoms with E-state index in [1.165, 1.54) is 28.6 Å². The van der Waals surface area contributed by atoms with E-state index in [0.717, 1.165) is 18.2 Å². The molecule has 0 bridgehead atoms. The van der Waals surface area contributed by atoms with Gasteiger partial charge in [0.25, 0.3) is 5.91 Å². The highest BCUT2D eigenvalue weighted by molar-refractivity contribution is 7.89. The Balaban J connectivity index is 2.00. The molecule has 0 aliphatic carbocycles. The molecule has 2 aromatic rings. The number of sulfonamides is 1. The molecule has 0 saturated carbocycles. The van der Waals surface area contributed by atoms with Crippen LogP contribution in [-0.2, 0) is 19.6 Å².